The SMILES string of the molecule is Nc1ccc(C(=O)NC2CCOC2)cc1C(F)(F)F. The highest BCUT2D eigenvalue weighted by atomic mass is 19.4. The van der Waals surface area contributed by atoms with Crippen LogP contribution in [0.5, 0.6) is 0 Å². The summed E-state index contributed by atoms with van der Waals surface area (Å²) in [6.45, 7) is 0.924. The van der Waals surface area contributed by atoms with Crippen LogP contribution in [0.15, 0.2) is 18.2 Å². The number of halogens is 3. The third kappa shape index (κ3) is 3.17. The molecule has 1 fully saturated rings. The molecular weight excluding hydrogens is 261 g/mol. The number of nitrogens with one attached hydrogen (secondary N) is 1. The Hall–Kier alpha value is -1.76. The molecule has 1 aromatic rings. The third-order valence-electron chi connectivity index (χ3n) is 2.89. The highest BCUT2D eigenvalue weighted by Crippen LogP contribution is 2.34. The molecule has 1 aliphatic rings. The quantitative estimate of drug-likeness (QED) is 0.808. The van der Waals surface area contributed by atoms with Gasteiger partial charge in [0, 0.05) is 17.9 Å². The summed E-state index contributed by atoms with van der Waals surface area (Å²) in [6.07, 6.45) is -3.91. The van der Waals surface area contributed by atoms with Crippen molar-refractivity contribution in [2.75, 3.05) is 18.9 Å². The number of anilines is 1. The Labute approximate surface area is 107 Å². The van der Waals surface area contributed by atoms with Gasteiger partial charge in [0.05, 0.1) is 18.2 Å². The number of carbonyl (C=O) groups is 1. The Morgan fingerprint density at radius 3 is 2.74 bits per heavy atom. The number of hydrogen-bond donors (Lipinski definition) is 2. The summed E-state index contributed by atoms with van der Waals surface area (Å²) in [7, 11) is 0. The number of nitrogen functional groups attached to an aromatic ring is 1. The van der Waals surface area contributed by atoms with Gasteiger partial charge >= 0.3 is 6.18 Å². The molecule has 0 aromatic heterocycles. The number of amides is 1. The largest absolute Gasteiger partial charge is 0.418 e. The smallest absolute Gasteiger partial charge is 0.398 e. The zero-order chi connectivity index (χ0) is 14.0. The summed E-state index contributed by atoms with van der Waals surface area (Å²) < 4.78 is 43.1. The van der Waals surface area contributed by atoms with Gasteiger partial charge in [-0.1, -0.05) is 0 Å². The molecule has 0 aliphatic carbocycles. The second-order valence-corrected chi connectivity index (χ2v) is 4.33. The minimum Gasteiger partial charge on any atom is -0.398 e. The molecule has 1 unspecified atom stereocenters. The van der Waals surface area contributed by atoms with E-state index < -0.39 is 23.3 Å². The predicted molar refractivity (Wildman–Crippen MR) is 62.5 cm³/mol. The van der Waals surface area contributed by atoms with E-state index >= 15 is 0 Å². The van der Waals surface area contributed by atoms with Crippen molar-refractivity contribution < 1.29 is 22.7 Å². The lowest BCUT2D eigenvalue weighted by Gasteiger charge is -2.13. The fourth-order valence-corrected chi connectivity index (χ4v) is 1.86. The first-order valence-electron chi connectivity index (χ1n) is 5.73. The first-order valence-corrected chi connectivity index (χ1v) is 5.73. The topological polar surface area (TPSA) is 64.4 Å². The summed E-state index contributed by atoms with van der Waals surface area (Å²) in [4.78, 5) is 11.8. The van der Waals surface area contributed by atoms with Crippen LogP contribution in [0.4, 0.5) is 18.9 Å². The molecule has 1 amide bonds. The number of rotatable bonds is 2. The van der Waals surface area contributed by atoms with Crippen LogP contribution >= 0.6 is 0 Å². The number of alkyl halides is 3. The molecule has 0 spiro atoms. The molecule has 0 bridgehead atoms. The van der Waals surface area contributed by atoms with Crippen LogP contribution in [0.1, 0.15) is 22.3 Å². The van der Waals surface area contributed by atoms with Crippen LogP contribution in [-0.4, -0.2) is 25.2 Å². The van der Waals surface area contributed by atoms with Crippen molar-refractivity contribution in [2.24, 2.45) is 0 Å². The summed E-state index contributed by atoms with van der Waals surface area (Å²) >= 11 is 0. The van der Waals surface area contributed by atoms with Gasteiger partial charge in [-0.25, -0.2) is 0 Å². The van der Waals surface area contributed by atoms with E-state index in [4.69, 9.17) is 10.5 Å². The molecule has 3 N–H and O–H groups in total. The van der Waals surface area contributed by atoms with Gasteiger partial charge in [-0.15, -0.1) is 0 Å². The highest BCUT2D eigenvalue weighted by molar-refractivity contribution is 5.95. The monoisotopic (exact) mass is 274 g/mol. The fraction of sp³-hybridized carbons (Fsp3) is 0.417. The molecule has 0 radical (unpaired) electrons. The molecule has 0 saturated carbocycles. The van der Waals surface area contributed by atoms with Crippen LogP contribution in [-0.2, 0) is 10.9 Å². The summed E-state index contributed by atoms with van der Waals surface area (Å²) in [5.74, 6) is -0.555. The van der Waals surface area contributed by atoms with Gasteiger partial charge in [0.15, 0.2) is 0 Å². The minimum absolute atomic E-state index is 0.0616. The van der Waals surface area contributed by atoms with Crippen molar-refractivity contribution >= 4 is 11.6 Å². The number of hydrogen-bond acceptors (Lipinski definition) is 3. The second-order valence-electron chi connectivity index (χ2n) is 4.33. The van der Waals surface area contributed by atoms with E-state index in [2.05, 4.69) is 5.32 Å². The lowest BCUT2D eigenvalue weighted by atomic mass is 10.1. The minimum atomic E-state index is -4.57. The lowest BCUT2D eigenvalue weighted by Crippen LogP contribution is -2.35. The Morgan fingerprint density at radius 1 is 1.42 bits per heavy atom. The second kappa shape index (κ2) is 5.08. The van der Waals surface area contributed by atoms with Crippen molar-refractivity contribution in [1.29, 1.82) is 0 Å². The zero-order valence-corrected chi connectivity index (χ0v) is 9.96. The molecule has 104 valence electrons. The predicted octanol–water partition coefficient (Wildman–Crippen LogP) is 1.81. The maximum absolute atomic E-state index is 12.7. The maximum atomic E-state index is 12.7. The first-order chi connectivity index (χ1) is 8.88. The molecule has 7 heteroatoms. The van der Waals surface area contributed by atoms with Gasteiger partial charge in [0.1, 0.15) is 0 Å². The average Bonchev–Trinajstić information content (AvgIpc) is 2.80. The number of carbonyl (C=O) groups excluding carboxylic acids is 1. The van der Waals surface area contributed by atoms with Gasteiger partial charge in [0.2, 0.25) is 0 Å². The molecule has 1 aromatic carbocycles. The molecule has 1 aliphatic heterocycles. The van der Waals surface area contributed by atoms with Crippen LogP contribution in [0, 0.1) is 0 Å². The van der Waals surface area contributed by atoms with E-state index in [1.165, 1.54) is 6.07 Å². The van der Waals surface area contributed by atoms with Gasteiger partial charge in [0.25, 0.3) is 5.91 Å². The molecule has 4 nitrogen and oxygen atoms in total. The van der Waals surface area contributed by atoms with Crippen molar-refractivity contribution in [3.8, 4) is 0 Å². The number of nitrogens with two attached hydrogens (primary N) is 1. The molecular formula is C12H13F3N2O2. The van der Waals surface area contributed by atoms with Crippen molar-refractivity contribution in [3.05, 3.63) is 29.3 Å². The molecule has 1 saturated heterocycles. The van der Waals surface area contributed by atoms with E-state index in [9.17, 15) is 18.0 Å². The Bertz CT molecular complexity index is 482. The lowest BCUT2D eigenvalue weighted by molar-refractivity contribution is -0.136. The fourth-order valence-electron chi connectivity index (χ4n) is 1.86. The molecule has 1 atom stereocenters. The summed E-state index contributed by atoms with van der Waals surface area (Å²) in [5, 5.41) is 2.62. The molecule has 2 rings (SSSR count). The molecule has 19 heavy (non-hydrogen) atoms. The Kier molecular flexibility index (Phi) is 3.66. The van der Waals surface area contributed by atoms with E-state index in [1.807, 2.05) is 0 Å². The van der Waals surface area contributed by atoms with Crippen molar-refractivity contribution in [1.82, 2.24) is 5.32 Å². The normalized spacial score (nSPS) is 19.4. The Balaban J connectivity index is 2.18. The van der Waals surface area contributed by atoms with E-state index in [0.717, 1.165) is 12.1 Å². The van der Waals surface area contributed by atoms with Gasteiger partial charge in [-0.3, -0.25) is 4.79 Å². The van der Waals surface area contributed by atoms with Crippen LogP contribution in [0.2, 0.25) is 0 Å². The highest BCUT2D eigenvalue weighted by Gasteiger charge is 2.33. The van der Waals surface area contributed by atoms with Gasteiger partial charge < -0.3 is 15.8 Å². The number of ether oxygens (including phenoxy) is 1. The summed E-state index contributed by atoms with van der Waals surface area (Å²) in [5.41, 5.74) is 3.81. The third-order valence-corrected chi connectivity index (χ3v) is 2.89. The van der Waals surface area contributed by atoms with Crippen LogP contribution < -0.4 is 11.1 Å². The van der Waals surface area contributed by atoms with Gasteiger partial charge in [-0.2, -0.15) is 13.2 Å². The first kappa shape index (κ1) is 13.7. The van der Waals surface area contributed by atoms with Crippen molar-refractivity contribution in [2.45, 2.75) is 18.6 Å². The number of benzene rings is 1. The summed E-state index contributed by atoms with van der Waals surface area (Å²) in [6, 6.07) is 2.97. The van der Waals surface area contributed by atoms with Crippen LogP contribution in [0.3, 0.4) is 0 Å². The van der Waals surface area contributed by atoms with Crippen LogP contribution in [0.25, 0.3) is 0 Å². The van der Waals surface area contributed by atoms with E-state index in [0.29, 0.717) is 19.6 Å². The van der Waals surface area contributed by atoms with Gasteiger partial charge in [-0.05, 0) is 24.6 Å². The Morgan fingerprint density at radius 2 is 2.16 bits per heavy atom. The molecule has 1 heterocycles. The average molecular weight is 274 g/mol. The zero-order valence-electron chi connectivity index (χ0n) is 9.96. The standard InChI is InChI=1S/C12H13F3N2O2/c13-12(14,15)9-5-7(1-2-10(9)16)11(18)17-8-3-4-19-6-8/h1-2,5,8H,3-4,6,16H2,(H,17,18). The van der Waals surface area contributed by atoms with E-state index in [-0.39, 0.29) is 11.6 Å². The van der Waals surface area contributed by atoms with E-state index in [1.54, 1.807) is 0 Å². The van der Waals surface area contributed by atoms with Crippen molar-refractivity contribution in [3.63, 3.8) is 0 Å². The maximum Gasteiger partial charge on any atom is 0.418 e.